The lowest BCUT2D eigenvalue weighted by molar-refractivity contribution is 0.321. The van der Waals surface area contributed by atoms with E-state index >= 15 is 0 Å². The lowest BCUT2D eigenvalue weighted by Gasteiger charge is -2.16. The lowest BCUT2D eigenvalue weighted by Crippen LogP contribution is -2.15. The number of phenolic OH excluding ortho intramolecular Hbond substituents is 1. The average Bonchev–Trinajstić information content (AvgIpc) is 2.81. The van der Waals surface area contributed by atoms with Gasteiger partial charge in [-0.25, -0.2) is 0 Å². The van der Waals surface area contributed by atoms with Crippen LogP contribution >= 0.6 is 11.6 Å². The van der Waals surface area contributed by atoms with Crippen LogP contribution in [0.15, 0.2) is 24.3 Å². The Bertz CT molecular complexity index is 671. The molecule has 2 aromatic rings. The van der Waals surface area contributed by atoms with Gasteiger partial charge in [-0.05, 0) is 18.1 Å². The van der Waals surface area contributed by atoms with Crippen molar-refractivity contribution in [3.63, 3.8) is 0 Å². The summed E-state index contributed by atoms with van der Waals surface area (Å²) in [6.07, 6.45) is 0.955. The van der Waals surface area contributed by atoms with Gasteiger partial charge in [-0.3, -0.25) is 0 Å². The zero-order valence-corrected chi connectivity index (χ0v) is 13.2. The minimum atomic E-state index is 0.265. The van der Waals surface area contributed by atoms with Crippen molar-refractivity contribution < 1.29 is 9.84 Å². The van der Waals surface area contributed by atoms with Crippen molar-refractivity contribution in [1.82, 2.24) is 0 Å². The van der Waals surface area contributed by atoms with E-state index in [0.717, 1.165) is 35.2 Å². The van der Waals surface area contributed by atoms with Crippen molar-refractivity contribution in [3.05, 3.63) is 29.8 Å². The number of aromatic hydroxyl groups is 1. The zero-order valence-electron chi connectivity index (χ0n) is 12.4. The third kappa shape index (κ3) is 2.30. The summed E-state index contributed by atoms with van der Waals surface area (Å²) in [5, 5.41) is 12.2. The fraction of sp³-hybridized carbons (Fsp3) is 0.412. The number of anilines is 1. The maximum atomic E-state index is 10.3. The monoisotopic (exact) mass is 305 g/mol. The SMILES string of the molecule is CCCOc1cccc2c(O)cc3c(c12)[C@H](CCl)CN3C. The van der Waals surface area contributed by atoms with E-state index in [2.05, 4.69) is 11.8 Å². The highest BCUT2D eigenvalue weighted by Crippen LogP contribution is 2.47. The number of halogens is 1. The molecule has 1 N–H and O–H groups in total. The second-order valence-electron chi connectivity index (χ2n) is 5.59. The first-order valence-corrected chi connectivity index (χ1v) is 7.89. The Labute approximate surface area is 130 Å². The highest BCUT2D eigenvalue weighted by molar-refractivity contribution is 6.19. The Balaban J connectivity index is 2.29. The summed E-state index contributed by atoms with van der Waals surface area (Å²) in [5.74, 6) is 1.97. The number of phenols is 1. The molecule has 0 bridgehead atoms. The molecule has 4 heteroatoms. The number of ether oxygens (including phenoxy) is 1. The molecule has 1 aliphatic heterocycles. The summed E-state index contributed by atoms with van der Waals surface area (Å²) in [6, 6.07) is 7.68. The van der Waals surface area contributed by atoms with E-state index in [1.165, 1.54) is 5.56 Å². The predicted octanol–water partition coefficient (Wildman–Crippen LogP) is 4.11. The standard InChI is InChI=1S/C17H20ClNO2/c1-3-7-21-15-6-4-5-12-14(20)8-13-16(17(12)15)11(9-18)10-19(13)2/h4-6,8,11,20H,3,7,9-10H2,1-2H3/t11-/m1/s1. The molecule has 2 aromatic carbocycles. The Morgan fingerprint density at radius 1 is 1.43 bits per heavy atom. The van der Waals surface area contributed by atoms with Gasteiger partial charge in [0.25, 0.3) is 0 Å². The van der Waals surface area contributed by atoms with Crippen molar-refractivity contribution in [2.24, 2.45) is 0 Å². The Hall–Kier alpha value is -1.61. The Morgan fingerprint density at radius 2 is 2.24 bits per heavy atom. The second kappa shape index (κ2) is 5.64. The molecule has 112 valence electrons. The van der Waals surface area contributed by atoms with Crippen LogP contribution in [0.3, 0.4) is 0 Å². The van der Waals surface area contributed by atoms with E-state index in [9.17, 15) is 5.11 Å². The first-order valence-electron chi connectivity index (χ1n) is 7.35. The normalized spacial score (nSPS) is 17.3. The summed E-state index contributed by atoms with van der Waals surface area (Å²) in [7, 11) is 2.03. The molecule has 0 amide bonds. The summed E-state index contributed by atoms with van der Waals surface area (Å²) in [5.41, 5.74) is 2.25. The minimum absolute atomic E-state index is 0.265. The second-order valence-corrected chi connectivity index (χ2v) is 5.90. The highest BCUT2D eigenvalue weighted by Gasteiger charge is 2.30. The van der Waals surface area contributed by atoms with Crippen LogP contribution in [-0.4, -0.2) is 31.2 Å². The average molecular weight is 306 g/mol. The van der Waals surface area contributed by atoms with Gasteiger partial charge < -0.3 is 14.7 Å². The predicted molar refractivity (Wildman–Crippen MR) is 88.1 cm³/mol. The summed E-state index contributed by atoms with van der Waals surface area (Å²) < 4.78 is 5.90. The molecule has 3 nitrogen and oxygen atoms in total. The topological polar surface area (TPSA) is 32.7 Å². The molecule has 0 saturated heterocycles. The van der Waals surface area contributed by atoms with Gasteiger partial charge in [-0.2, -0.15) is 0 Å². The van der Waals surface area contributed by atoms with Gasteiger partial charge in [-0.1, -0.05) is 19.1 Å². The van der Waals surface area contributed by atoms with E-state index in [0.29, 0.717) is 18.2 Å². The highest BCUT2D eigenvalue weighted by atomic mass is 35.5. The molecule has 0 spiro atoms. The van der Waals surface area contributed by atoms with Crippen molar-refractivity contribution in [1.29, 1.82) is 0 Å². The fourth-order valence-corrected chi connectivity index (χ4v) is 3.39. The van der Waals surface area contributed by atoms with Crippen molar-refractivity contribution in [2.75, 3.05) is 31.0 Å². The van der Waals surface area contributed by atoms with Gasteiger partial charge in [0.15, 0.2) is 0 Å². The summed E-state index contributed by atoms with van der Waals surface area (Å²) in [4.78, 5) is 2.15. The van der Waals surface area contributed by atoms with E-state index in [4.69, 9.17) is 16.3 Å². The van der Waals surface area contributed by atoms with Crippen LogP contribution in [-0.2, 0) is 0 Å². The van der Waals surface area contributed by atoms with Crippen molar-refractivity contribution >= 4 is 28.1 Å². The summed E-state index contributed by atoms with van der Waals surface area (Å²) in [6.45, 7) is 3.63. The smallest absolute Gasteiger partial charge is 0.127 e. The van der Waals surface area contributed by atoms with Gasteiger partial charge >= 0.3 is 0 Å². The number of hydrogen-bond acceptors (Lipinski definition) is 3. The molecule has 0 aliphatic carbocycles. The van der Waals surface area contributed by atoms with E-state index in [1.54, 1.807) is 0 Å². The molecular formula is C17H20ClNO2. The van der Waals surface area contributed by atoms with E-state index < -0.39 is 0 Å². The van der Waals surface area contributed by atoms with Gasteiger partial charge in [-0.15, -0.1) is 11.6 Å². The largest absolute Gasteiger partial charge is 0.507 e. The maximum Gasteiger partial charge on any atom is 0.127 e. The van der Waals surface area contributed by atoms with Crippen LogP contribution in [0.25, 0.3) is 10.8 Å². The Morgan fingerprint density at radius 3 is 2.95 bits per heavy atom. The van der Waals surface area contributed by atoms with E-state index in [1.807, 2.05) is 31.3 Å². The molecule has 1 aliphatic rings. The number of benzene rings is 2. The number of alkyl halides is 1. The zero-order chi connectivity index (χ0) is 15.0. The molecule has 1 atom stereocenters. The van der Waals surface area contributed by atoms with Crippen LogP contribution < -0.4 is 9.64 Å². The molecule has 0 saturated carbocycles. The van der Waals surface area contributed by atoms with Crippen LogP contribution in [0.1, 0.15) is 24.8 Å². The van der Waals surface area contributed by atoms with Crippen molar-refractivity contribution in [2.45, 2.75) is 19.3 Å². The number of nitrogens with zero attached hydrogens (tertiary/aromatic N) is 1. The molecule has 0 unspecified atom stereocenters. The molecule has 0 fully saturated rings. The quantitative estimate of drug-likeness (QED) is 0.863. The summed E-state index contributed by atoms with van der Waals surface area (Å²) >= 11 is 6.17. The van der Waals surface area contributed by atoms with E-state index in [-0.39, 0.29) is 5.92 Å². The van der Waals surface area contributed by atoms with Crippen LogP contribution in [0, 0.1) is 0 Å². The molecule has 3 rings (SSSR count). The maximum absolute atomic E-state index is 10.3. The fourth-order valence-electron chi connectivity index (χ4n) is 3.14. The van der Waals surface area contributed by atoms with Crippen LogP contribution in [0.2, 0.25) is 0 Å². The minimum Gasteiger partial charge on any atom is -0.507 e. The number of hydrogen-bond donors (Lipinski definition) is 1. The molecular weight excluding hydrogens is 286 g/mol. The lowest BCUT2D eigenvalue weighted by atomic mass is 9.94. The number of rotatable bonds is 4. The van der Waals surface area contributed by atoms with Crippen LogP contribution in [0.5, 0.6) is 11.5 Å². The Kier molecular flexibility index (Phi) is 3.85. The van der Waals surface area contributed by atoms with Gasteiger partial charge in [0, 0.05) is 47.9 Å². The molecule has 0 radical (unpaired) electrons. The van der Waals surface area contributed by atoms with Crippen LogP contribution in [0.4, 0.5) is 5.69 Å². The van der Waals surface area contributed by atoms with Gasteiger partial charge in [0.05, 0.1) is 6.61 Å². The number of fused-ring (bicyclic) bond motifs is 3. The molecule has 21 heavy (non-hydrogen) atoms. The third-order valence-corrected chi connectivity index (χ3v) is 4.46. The van der Waals surface area contributed by atoms with Gasteiger partial charge in [0.2, 0.25) is 0 Å². The van der Waals surface area contributed by atoms with Crippen molar-refractivity contribution in [3.8, 4) is 11.5 Å². The first-order chi connectivity index (χ1) is 10.2. The first kappa shape index (κ1) is 14.3. The molecule has 0 aromatic heterocycles. The third-order valence-electron chi connectivity index (χ3n) is 4.08. The molecule has 1 heterocycles. The number of likely N-dealkylation sites (N-methyl/N-ethyl adjacent to an activating group) is 1. The van der Waals surface area contributed by atoms with Gasteiger partial charge in [0.1, 0.15) is 11.5 Å².